The summed E-state index contributed by atoms with van der Waals surface area (Å²) < 4.78 is 3.21. The van der Waals surface area contributed by atoms with Crippen molar-refractivity contribution in [2.75, 3.05) is 22.8 Å². The van der Waals surface area contributed by atoms with Crippen LogP contribution in [0.2, 0.25) is 5.02 Å². The summed E-state index contributed by atoms with van der Waals surface area (Å²) in [7, 11) is 0. The first-order valence-corrected chi connectivity index (χ1v) is 13.8. The van der Waals surface area contributed by atoms with Crippen LogP contribution in [0.4, 0.5) is 17.5 Å². The van der Waals surface area contributed by atoms with Gasteiger partial charge in [-0.3, -0.25) is 4.90 Å². The number of fused-ring (bicyclic) bond motifs is 1. The Hall–Kier alpha value is -2.81. The van der Waals surface area contributed by atoms with Crippen LogP contribution >= 0.6 is 23.5 Å². The van der Waals surface area contributed by atoms with Crippen LogP contribution in [-0.2, 0) is 13.1 Å². The number of pyridine rings is 1. The molecule has 0 bridgehead atoms. The van der Waals surface area contributed by atoms with E-state index in [0.29, 0.717) is 18.0 Å². The summed E-state index contributed by atoms with van der Waals surface area (Å²) in [6, 6.07) is 10.8. The van der Waals surface area contributed by atoms with Gasteiger partial charge in [-0.2, -0.15) is 0 Å². The molecule has 188 valence electrons. The Morgan fingerprint density at radius 3 is 2.83 bits per heavy atom. The molecule has 4 heterocycles. The van der Waals surface area contributed by atoms with Crippen molar-refractivity contribution < 1.29 is 0 Å². The van der Waals surface area contributed by atoms with Gasteiger partial charge >= 0.3 is 0 Å². The minimum atomic E-state index is 0.404. The predicted octanol–water partition coefficient (Wildman–Crippen LogP) is 6.11. The van der Waals surface area contributed by atoms with Crippen LogP contribution in [0.5, 0.6) is 0 Å². The van der Waals surface area contributed by atoms with Crippen LogP contribution in [-0.4, -0.2) is 49.6 Å². The second kappa shape index (κ2) is 10.7. The molecule has 0 radical (unpaired) electrons. The van der Waals surface area contributed by atoms with Crippen molar-refractivity contribution in [1.29, 1.82) is 0 Å². The Kier molecular flexibility index (Phi) is 7.37. The Balaban J connectivity index is 1.21. The number of hydrogen-bond donors (Lipinski definition) is 2. The molecule has 3 aromatic rings. The molecule has 9 heteroatoms. The first-order chi connectivity index (χ1) is 17.4. The monoisotopic (exact) mass is 521 g/mol. The van der Waals surface area contributed by atoms with E-state index in [1.54, 1.807) is 11.9 Å². The Morgan fingerprint density at radius 1 is 1.19 bits per heavy atom. The maximum absolute atomic E-state index is 6.09. The second-order valence-electron chi connectivity index (χ2n) is 9.56. The van der Waals surface area contributed by atoms with Crippen molar-refractivity contribution in [3.05, 3.63) is 76.7 Å². The van der Waals surface area contributed by atoms with E-state index in [-0.39, 0.29) is 0 Å². The zero-order chi connectivity index (χ0) is 25.2. The molecule has 1 saturated heterocycles. The number of aromatic nitrogens is 3. The first kappa shape index (κ1) is 24.9. The molecular formula is C27H32ClN7S. The van der Waals surface area contributed by atoms with Gasteiger partial charge in [0.1, 0.15) is 5.82 Å². The topological polar surface area (TPSA) is 69.2 Å². The molecule has 2 aliphatic rings. The van der Waals surface area contributed by atoms with E-state index in [9.17, 15) is 0 Å². The molecule has 36 heavy (non-hydrogen) atoms. The van der Waals surface area contributed by atoms with Crippen molar-refractivity contribution in [3.63, 3.8) is 0 Å². The summed E-state index contributed by atoms with van der Waals surface area (Å²) >= 11 is 7.64. The standard InChI is InChI=1S/C27H32ClN7S/c1-17-11-22(28)5-6-24(17)31-27-30-14-21-15-34(16-25(21)32-27)23-8-10-35(18(2)12-23)19(3)20-7-9-29-26(13-20)33-36-4/h5-7,9,11,13-14,18,23H,3,8,10,12,15-16H2,1-2,4H3,(H,29,33)(H,30,31,32)/t18-,23+/m1/s1. The molecule has 7 nitrogen and oxygen atoms in total. The van der Waals surface area contributed by atoms with E-state index >= 15 is 0 Å². The van der Waals surface area contributed by atoms with Crippen molar-refractivity contribution >= 4 is 46.7 Å². The Morgan fingerprint density at radius 2 is 2.06 bits per heavy atom. The number of likely N-dealkylation sites (tertiary alicyclic amines) is 1. The summed E-state index contributed by atoms with van der Waals surface area (Å²) in [6.45, 7) is 11.5. The van der Waals surface area contributed by atoms with E-state index in [2.05, 4.69) is 49.4 Å². The van der Waals surface area contributed by atoms with Crippen molar-refractivity contribution in [2.45, 2.75) is 51.9 Å². The summed E-state index contributed by atoms with van der Waals surface area (Å²) in [5, 5.41) is 4.08. The highest BCUT2D eigenvalue weighted by Gasteiger charge is 2.33. The van der Waals surface area contributed by atoms with Crippen molar-refractivity contribution in [3.8, 4) is 0 Å². The zero-order valence-corrected chi connectivity index (χ0v) is 22.5. The van der Waals surface area contributed by atoms with Gasteiger partial charge in [0.25, 0.3) is 0 Å². The third kappa shape index (κ3) is 5.31. The molecule has 2 aliphatic heterocycles. The molecule has 2 aromatic heterocycles. The Labute approximate surface area is 222 Å². The summed E-state index contributed by atoms with van der Waals surface area (Å²) in [5.74, 6) is 1.49. The lowest BCUT2D eigenvalue weighted by molar-refractivity contribution is 0.102. The summed E-state index contributed by atoms with van der Waals surface area (Å²) in [5.41, 5.74) is 6.56. The smallest absolute Gasteiger partial charge is 0.227 e. The van der Waals surface area contributed by atoms with E-state index in [1.165, 1.54) is 5.56 Å². The Bertz CT molecular complexity index is 1270. The fourth-order valence-corrected chi connectivity index (χ4v) is 5.75. The average Bonchev–Trinajstić information content (AvgIpc) is 3.29. The van der Waals surface area contributed by atoms with Gasteiger partial charge in [-0.15, -0.1) is 0 Å². The lowest BCUT2D eigenvalue weighted by Gasteiger charge is -2.43. The summed E-state index contributed by atoms with van der Waals surface area (Å²) in [6.07, 6.45) is 8.00. The molecular weight excluding hydrogens is 490 g/mol. The average molecular weight is 522 g/mol. The molecule has 0 aliphatic carbocycles. The number of nitrogens with zero attached hydrogens (tertiary/aromatic N) is 5. The van der Waals surface area contributed by atoms with Crippen LogP contribution < -0.4 is 10.0 Å². The maximum Gasteiger partial charge on any atom is 0.227 e. The van der Waals surface area contributed by atoms with Crippen LogP contribution in [0.15, 0.2) is 49.3 Å². The number of nitrogens with one attached hydrogen (secondary N) is 2. The highest BCUT2D eigenvalue weighted by Crippen LogP contribution is 2.33. The SMILES string of the molecule is C=C(c1ccnc(NSC)c1)N1CC[C@H](N2Cc3cnc(Nc4ccc(Cl)cc4C)nc3C2)C[C@H]1C. The fraction of sp³-hybridized carbons (Fsp3) is 0.370. The number of hydrogen-bond acceptors (Lipinski definition) is 8. The van der Waals surface area contributed by atoms with Gasteiger partial charge in [0.05, 0.1) is 5.69 Å². The molecule has 0 unspecified atom stereocenters. The van der Waals surface area contributed by atoms with Gasteiger partial charge in [0.2, 0.25) is 5.95 Å². The predicted molar refractivity (Wildman–Crippen MR) is 150 cm³/mol. The molecule has 0 saturated carbocycles. The zero-order valence-electron chi connectivity index (χ0n) is 21.0. The molecule has 5 rings (SSSR count). The molecule has 2 N–H and O–H groups in total. The van der Waals surface area contributed by atoms with Gasteiger partial charge in [-0.05, 0) is 62.6 Å². The molecule has 2 atom stereocenters. The number of anilines is 3. The highest BCUT2D eigenvalue weighted by molar-refractivity contribution is 7.99. The largest absolute Gasteiger partial charge is 0.369 e. The molecule has 1 aromatic carbocycles. The molecule has 1 fully saturated rings. The van der Waals surface area contributed by atoms with Crippen LogP contribution in [0, 0.1) is 6.92 Å². The van der Waals surface area contributed by atoms with Gasteiger partial charge in [-0.1, -0.05) is 30.1 Å². The number of halogens is 1. The van der Waals surface area contributed by atoms with Gasteiger partial charge in [-0.25, -0.2) is 15.0 Å². The first-order valence-electron chi connectivity index (χ1n) is 12.2. The number of benzene rings is 1. The lowest BCUT2D eigenvalue weighted by Crippen LogP contribution is -2.46. The number of rotatable bonds is 7. The minimum Gasteiger partial charge on any atom is -0.369 e. The van der Waals surface area contributed by atoms with E-state index in [0.717, 1.165) is 71.5 Å². The van der Waals surface area contributed by atoms with Crippen LogP contribution in [0.3, 0.4) is 0 Å². The lowest BCUT2D eigenvalue weighted by atomic mass is 9.95. The number of aryl methyl sites for hydroxylation is 1. The molecule has 0 spiro atoms. The second-order valence-corrected chi connectivity index (χ2v) is 10.6. The van der Waals surface area contributed by atoms with Gasteiger partial charge in [0.15, 0.2) is 0 Å². The fourth-order valence-electron chi connectivity index (χ4n) is 5.20. The third-order valence-corrected chi connectivity index (χ3v) is 7.78. The third-order valence-electron chi connectivity index (χ3n) is 7.13. The van der Waals surface area contributed by atoms with Gasteiger partial charge < -0.3 is 14.9 Å². The molecule has 0 amide bonds. The highest BCUT2D eigenvalue weighted by atomic mass is 35.5. The number of piperidine rings is 1. The minimum absolute atomic E-state index is 0.404. The van der Waals surface area contributed by atoms with Crippen molar-refractivity contribution in [2.24, 2.45) is 0 Å². The van der Waals surface area contributed by atoms with E-state index in [1.807, 2.05) is 49.8 Å². The summed E-state index contributed by atoms with van der Waals surface area (Å²) in [4.78, 5) is 18.8. The van der Waals surface area contributed by atoms with E-state index in [4.69, 9.17) is 16.6 Å². The van der Waals surface area contributed by atoms with Crippen molar-refractivity contribution in [1.82, 2.24) is 24.8 Å². The van der Waals surface area contributed by atoms with Crippen LogP contribution in [0.1, 0.15) is 42.1 Å². The van der Waals surface area contributed by atoms with Crippen LogP contribution in [0.25, 0.3) is 5.70 Å². The quantitative estimate of drug-likeness (QED) is 0.361. The van der Waals surface area contributed by atoms with E-state index < -0.39 is 0 Å². The normalized spacial score (nSPS) is 19.7. The van der Waals surface area contributed by atoms with Gasteiger partial charge in [0, 0.05) is 77.9 Å². The maximum atomic E-state index is 6.09.